The van der Waals surface area contributed by atoms with Crippen molar-refractivity contribution >= 4 is 18.1 Å². The normalized spacial score (nSPS) is 11.8. The Balaban J connectivity index is 0.00000220. The maximum absolute atomic E-state index is 6.19. The van der Waals surface area contributed by atoms with Crippen LogP contribution in [-0.4, -0.2) is 0 Å². The van der Waals surface area contributed by atoms with Gasteiger partial charge >= 0.3 is 0 Å². The van der Waals surface area contributed by atoms with Gasteiger partial charge in [-0.3, -0.25) is 0 Å². The minimum absolute atomic E-state index is 0. The van der Waals surface area contributed by atoms with E-state index in [1.54, 1.807) is 0 Å². The second-order valence-corrected chi connectivity index (χ2v) is 5.70. The lowest BCUT2D eigenvalue weighted by atomic mass is 9.98. The molecule has 0 aromatic heterocycles. The number of nitrogens with two attached hydrogens (primary N) is 1. The van der Waals surface area contributed by atoms with Crippen molar-refractivity contribution in [1.29, 1.82) is 0 Å². The van der Waals surface area contributed by atoms with E-state index in [1.807, 2.05) is 6.07 Å². The second-order valence-electron chi connectivity index (χ2n) is 5.70. The minimum Gasteiger partial charge on any atom is -0.381 e. The first-order chi connectivity index (χ1) is 9.65. The number of hydrogen-bond donors (Lipinski definition) is 2. The van der Waals surface area contributed by atoms with Crippen LogP contribution < -0.4 is 11.1 Å². The van der Waals surface area contributed by atoms with Gasteiger partial charge in [-0.2, -0.15) is 0 Å². The average molecular weight is 305 g/mol. The van der Waals surface area contributed by atoms with Crippen LogP contribution in [0, 0.1) is 5.92 Å². The Bertz CT molecular complexity index is 509. The van der Waals surface area contributed by atoms with Gasteiger partial charge in [0.1, 0.15) is 0 Å². The van der Waals surface area contributed by atoms with Crippen LogP contribution in [0.4, 0.5) is 5.69 Å². The van der Waals surface area contributed by atoms with Gasteiger partial charge in [0.25, 0.3) is 0 Å². The molecule has 0 amide bonds. The quantitative estimate of drug-likeness (QED) is 0.807. The lowest BCUT2D eigenvalue weighted by molar-refractivity contribution is 0.510. The van der Waals surface area contributed by atoms with E-state index < -0.39 is 0 Å². The molecule has 0 aliphatic carbocycles. The van der Waals surface area contributed by atoms with Crippen LogP contribution in [0.2, 0.25) is 0 Å². The van der Waals surface area contributed by atoms with Gasteiger partial charge in [0.15, 0.2) is 0 Å². The Kier molecular flexibility index (Phi) is 7.27. The number of anilines is 1. The first-order valence-corrected chi connectivity index (χ1v) is 7.28. The first kappa shape index (κ1) is 17.5. The highest BCUT2D eigenvalue weighted by atomic mass is 35.5. The largest absolute Gasteiger partial charge is 0.381 e. The summed E-state index contributed by atoms with van der Waals surface area (Å²) in [5, 5.41) is 3.43. The predicted molar refractivity (Wildman–Crippen MR) is 93.8 cm³/mol. The fraction of sp³-hybridized carbons (Fsp3) is 0.333. The molecule has 0 radical (unpaired) electrons. The van der Waals surface area contributed by atoms with Crippen molar-refractivity contribution in [3.8, 4) is 0 Å². The number of rotatable bonds is 6. The SMILES string of the molecule is CC(C)C[C@H](N)c1ccc(NCc2ccccc2)cc1.Cl. The van der Waals surface area contributed by atoms with E-state index in [0.717, 1.165) is 18.7 Å². The average Bonchev–Trinajstić information content (AvgIpc) is 2.46. The summed E-state index contributed by atoms with van der Waals surface area (Å²) in [5.41, 5.74) is 9.82. The third-order valence-corrected chi connectivity index (χ3v) is 3.40. The molecule has 0 aliphatic rings. The fourth-order valence-electron chi connectivity index (χ4n) is 2.29. The zero-order valence-corrected chi connectivity index (χ0v) is 13.6. The Morgan fingerprint density at radius 3 is 2.14 bits per heavy atom. The molecule has 3 heteroatoms. The molecule has 0 spiro atoms. The standard InChI is InChI=1S/C18H24N2.ClH/c1-14(2)12-18(19)16-8-10-17(11-9-16)20-13-15-6-4-3-5-7-15;/h3-11,14,18,20H,12-13,19H2,1-2H3;1H/t18-;/m0./s1. The van der Waals surface area contributed by atoms with Gasteiger partial charge in [-0.05, 0) is 35.6 Å². The zero-order valence-electron chi connectivity index (χ0n) is 12.8. The van der Waals surface area contributed by atoms with Crippen molar-refractivity contribution in [2.45, 2.75) is 32.9 Å². The van der Waals surface area contributed by atoms with Crippen LogP contribution in [0.3, 0.4) is 0 Å². The van der Waals surface area contributed by atoms with Crippen molar-refractivity contribution in [3.05, 3.63) is 65.7 Å². The summed E-state index contributed by atoms with van der Waals surface area (Å²) in [6, 6.07) is 19.0. The van der Waals surface area contributed by atoms with Crippen molar-refractivity contribution in [3.63, 3.8) is 0 Å². The maximum Gasteiger partial charge on any atom is 0.0400 e. The number of benzene rings is 2. The van der Waals surface area contributed by atoms with Crippen molar-refractivity contribution < 1.29 is 0 Å². The molecule has 114 valence electrons. The summed E-state index contributed by atoms with van der Waals surface area (Å²) in [6.07, 6.45) is 1.02. The van der Waals surface area contributed by atoms with Crippen molar-refractivity contribution in [2.24, 2.45) is 11.7 Å². The number of nitrogens with one attached hydrogen (secondary N) is 1. The second kappa shape index (κ2) is 8.71. The van der Waals surface area contributed by atoms with E-state index in [9.17, 15) is 0 Å². The van der Waals surface area contributed by atoms with Gasteiger partial charge in [0.2, 0.25) is 0 Å². The van der Waals surface area contributed by atoms with Crippen LogP contribution in [0.25, 0.3) is 0 Å². The summed E-state index contributed by atoms with van der Waals surface area (Å²) in [7, 11) is 0. The third-order valence-electron chi connectivity index (χ3n) is 3.40. The van der Waals surface area contributed by atoms with Crippen LogP contribution in [0.5, 0.6) is 0 Å². The van der Waals surface area contributed by atoms with E-state index in [1.165, 1.54) is 11.1 Å². The minimum atomic E-state index is 0. The Morgan fingerprint density at radius 2 is 1.57 bits per heavy atom. The van der Waals surface area contributed by atoms with Crippen LogP contribution in [-0.2, 0) is 6.54 Å². The Labute approximate surface area is 134 Å². The smallest absolute Gasteiger partial charge is 0.0400 e. The van der Waals surface area contributed by atoms with Gasteiger partial charge in [-0.15, -0.1) is 12.4 Å². The summed E-state index contributed by atoms with van der Waals surface area (Å²) in [4.78, 5) is 0. The van der Waals surface area contributed by atoms with E-state index in [-0.39, 0.29) is 18.4 Å². The highest BCUT2D eigenvalue weighted by Gasteiger charge is 2.07. The molecule has 0 fully saturated rings. The summed E-state index contributed by atoms with van der Waals surface area (Å²) >= 11 is 0. The van der Waals surface area contributed by atoms with Crippen LogP contribution in [0.15, 0.2) is 54.6 Å². The summed E-state index contributed by atoms with van der Waals surface area (Å²) in [5.74, 6) is 0.626. The van der Waals surface area contributed by atoms with E-state index in [0.29, 0.717) is 5.92 Å². The Morgan fingerprint density at radius 1 is 0.952 bits per heavy atom. The lowest BCUT2D eigenvalue weighted by Crippen LogP contribution is -2.12. The summed E-state index contributed by atoms with van der Waals surface area (Å²) < 4.78 is 0. The molecule has 2 rings (SSSR count). The molecule has 0 saturated heterocycles. The number of hydrogen-bond acceptors (Lipinski definition) is 2. The van der Waals surface area contributed by atoms with E-state index in [2.05, 4.69) is 67.7 Å². The molecule has 0 bridgehead atoms. The molecule has 0 aliphatic heterocycles. The zero-order chi connectivity index (χ0) is 14.4. The molecule has 21 heavy (non-hydrogen) atoms. The molecule has 0 unspecified atom stereocenters. The van der Waals surface area contributed by atoms with E-state index >= 15 is 0 Å². The van der Waals surface area contributed by atoms with Gasteiger partial charge in [0, 0.05) is 18.3 Å². The van der Waals surface area contributed by atoms with Crippen molar-refractivity contribution in [2.75, 3.05) is 5.32 Å². The number of halogens is 1. The lowest BCUT2D eigenvalue weighted by Gasteiger charge is -2.15. The molecular weight excluding hydrogens is 280 g/mol. The Hall–Kier alpha value is -1.51. The molecule has 2 aromatic carbocycles. The maximum atomic E-state index is 6.19. The molecule has 0 heterocycles. The summed E-state index contributed by atoms with van der Waals surface area (Å²) in [6.45, 7) is 5.25. The molecule has 2 nitrogen and oxygen atoms in total. The van der Waals surface area contributed by atoms with Crippen molar-refractivity contribution in [1.82, 2.24) is 0 Å². The highest BCUT2D eigenvalue weighted by molar-refractivity contribution is 5.85. The fourth-order valence-corrected chi connectivity index (χ4v) is 2.29. The molecule has 2 aromatic rings. The third kappa shape index (κ3) is 5.78. The first-order valence-electron chi connectivity index (χ1n) is 7.28. The van der Waals surface area contributed by atoms with E-state index in [4.69, 9.17) is 5.73 Å². The van der Waals surface area contributed by atoms with Gasteiger partial charge < -0.3 is 11.1 Å². The predicted octanol–water partition coefficient (Wildman–Crippen LogP) is 4.77. The van der Waals surface area contributed by atoms with Crippen LogP contribution in [0.1, 0.15) is 37.4 Å². The molecule has 3 N–H and O–H groups in total. The molecule has 1 atom stereocenters. The highest BCUT2D eigenvalue weighted by Crippen LogP contribution is 2.20. The van der Waals surface area contributed by atoms with Crippen LogP contribution >= 0.6 is 12.4 Å². The molecular formula is C18H25ClN2. The topological polar surface area (TPSA) is 38.0 Å². The molecule has 0 saturated carbocycles. The monoisotopic (exact) mass is 304 g/mol. The van der Waals surface area contributed by atoms with Gasteiger partial charge in [0.05, 0.1) is 0 Å². The van der Waals surface area contributed by atoms with Gasteiger partial charge in [-0.1, -0.05) is 56.3 Å². The van der Waals surface area contributed by atoms with Gasteiger partial charge in [-0.25, -0.2) is 0 Å².